The fraction of sp³-hybridized carbons (Fsp3) is 0.455. The molecule has 1 aliphatic rings. The van der Waals surface area contributed by atoms with Crippen molar-refractivity contribution >= 4 is 12.6 Å². The van der Waals surface area contributed by atoms with Gasteiger partial charge < -0.3 is 5.11 Å². The Labute approximate surface area is 84.2 Å². The summed E-state index contributed by atoms with van der Waals surface area (Å²) in [6.07, 6.45) is 2.39. The van der Waals surface area contributed by atoms with Gasteiger partial charge in [0.1, 0.15) is 5.75 Å². The molecule has 0 saturated heterocycles. The molecule has 1 aromatic carbocycles. The van der Waals surface area contributed by atoms with Crippen LogP contribution in [0, 0.1) is 0 Å². The highest BCUT2D eigenvalue weighted by Gasteiger charge is 2.47. The first kappa shape index (κ1) is 8.95. The van der Waals surface area contributed by atoms with Gasteiger partial charge in [-0.25, -0.2) is 0 Å². The third-order valence-corrected chi connectivity index (χ3v) is 3.50. The Hall–Kier alpha value is -0.630. The van der Waals surface area contributed by atoms with Gasteiger partial charge in [-0.3, -0.25) is 0 Å². The number of hydrogen-bond donors (Lipinski definition) is 2. The lowest BCUT2D eigenvalue weighted by Crippen LogP contribution is -2.17. The second kappa shape index (κ2) is 2.95. The first-order valence-electron chi connectivity index (χ1n) is 4.63. The van der Waals surface area contributed by atoms with Gasteiger partial charge in [0.2, 0.25) is 0 Å². The highest BCUT2D eigenvalue weighted by molar-refractivity contribution is 7.81. The Morgan fingerprint density at radius 3 is 2.62 bits per heavy atom. The second-order valence-electron chi connectivity index (χ2n) is 3.88. The van der Waals surface area contributed by atoms with Crippen molar-refractivity contribution in [2.75, 3.05) is 0 Å². The molecule has 0 aromatic heterocycles. The zero-order valence-electron chi connectivity index (χ0n) is 7.70. The van der Waals surface area contributed by atoms with Crippen LogP contribution in [0.15, 0.2) is 24.3 Å². The van der Waals surface area contributed by atoms with Gasteiger partial charge in [0.25, 0.3) is 0 Å². The maximum absolute atomic E-state index is 9.36. The second-order valence-corrected chi connectivity index (χ2v) is 4.66. The minimum Gasteiger partial charge on any atom is -0.508 e. The van der Waals surface area contributed by atoms with E-state index >= 15 is 0 Å². The third kappa shape index (κ3) is 1.44. The van der Waals surface area contributed by atoms with Gasteiger partial charge in [-0.05, 0) is 30.5 Å². The van der Waals surface area contributed by atoms with E-state index in [0.717, 1.165) is 0 Å². The molecule has 1 aliphatic carbocycles. The van der Waals surface area contributed by atoms with Crippen LogP contribution in [0.2, 0.25) is 0 Å². The topological polar surface area (TPSA) is 20.2 Å². The number of aromatic hydroxyl groups is 1. The van der Waals surface area contributed by atoms with E-state index in [1.54, 1.807) is 6.07 Å². The van der Waals surface area contributed by atoms with Gasteiger partial charge in [0.15, 0.2) is 0 Å². The average molecular weight is 194 g/mol. The molecule has 1 saturated carbocycles. The predicted molar refractivity (Wildman–Crippen MR) is 57.5 cm³/mol. The molecule has 1 unspecified atom stereocenters. The highest BCUT2D eigenvalue weighted by Crippen LogP contribution is 2.53. The van der Waals surface area contributed by atoms with E-state index in [-0.39, 0.29) is 5.41 Å². The molecular weight excluding hydrogens is 180 g/mol. The van der Waals surface area contributed by atoms with Crippen LogP contribution < -0.4 is 0 Å². The number of hydrogen-bond acceptors (Lipinski definition) is 2. The first-order valence-corrected chi connectivity index (χ1v) is 5.14. The normalized spacial score (nSPS) is 21.1. The Kier molecular flexibility index (Phi) is 2.03. The molecule has 1 aromatic rings. The smallest absolute Gasteiger partial charge is 0.115 e. The lowest BCUT2D eigenvalue weighted by atomic mass is 9.93. The molecule has 70 valence electrons. The summed E-state index contributed by atoms with van der Waals surface area (Å²) in [5, 5.41) is 9.73. The van der Waals surface area contributed by atoms with Crippen LogP contribution in [-0.2, 0) is 5.41 Å². The summed E-state index contributed by atoms with van der Waals surface area (Å²) in [5.41, 5.74) is 1.47. The summed E-state index contributed by atoms with van der Waals surface area (Å²) in [4.78, 5) is 0. The molecule has 0 aliphatic heterocycles. The molecule has 1 atom stereocenters. The summed E-state index contributed by atoms with van der Waals surface area (Å²) in [6, 6.07) is 7.56. The summed E-state index contributed by atoms with van der Waals surface area (Å²) in [5.74, 6) is 0.359. The summed E-state index contributed by atoms with van der Waals surface area (Å²) >= 11 is 4.51. The lowest BCUT2D eigenvalue weighted by Gasteiger charge is -2.19. The minimum absolute atomic E-state index is 0.238. The van der Waals surface area contributed by atoms with Crippen LogP contribution in [0.4, 0.5) is 0 Å². The van der Waals surface area contributed by atoms with Crippen LogP contribution in [0.5, 0.6) is 5.75 Å². The quantitative estimate of drug-likeness (QED) is 0.694. The highest BCUT2D eigenvalue weighted by atomic mass is 32.1. The number of phenolic OH excluding ortho intramolecular Hbond substituents is 1. The van der Waals surface area contributed by atoms with Crippen molar-refractivity contribution in [1.82, 2.24) is 0 Å². The fourth-order valence-corrected chi connectivity index (χ4v) is 2.31. The molecule has 13 heavy (non-hydrogen) atoms. The van der Waals surface area contributed by atoms with Gasteiger partial charge in [0.05, 0.1) is 0 Å². The minimum atomic E-state index is 0.238. The Morgan fingerprint density at radius 1 is 1.46 bits per heavy atom. The molecule has 0 spiro atoms. The van der Waals surface area contributed by atoms with E-state index < -0.39 is 0 Å². The van der Waals surface area contributed by atoms with Crippen LogP contribution in [0.1, 0.15) is 25.3 Å². The van der Waals surface area contributed by atoms with E-state index in [1.165, 1.54) is 18.4 Å². The molecule has 1 nitrogen and oxygen atoms in total. The zero-order chi connectivity index (χ0) is 9.47. The molecule has 2 rings (SSSR count). The zero-order valence-corrected chi connectivity index (χ0v) is 8.59. The van der Waals surface area contributed by atoms with Crippen LogP contribution in [0.25, 0.3) is 0 Å². The van der Waals surface area contributed by atoms with Crippen molar-refractivity contribution in [2.45, 2.75) is 30.4 Å². The SMILES string of the molecule is CC(S)C1(c2cccc(O)c2)CC1. The van der Waals surface area contributed by atoms with Gasteiger partial charge in [-0.2, -0.15) is 12.6 Å². The summed E-state index contributed by atoms with van der Waals surface area (Å²) in [6.45, 7) is 2.13. The van der Waals surface area contributed by atoms with Crippen LogP contribution >= 0.6 is 12.6 Å². The Balaban J connectivity index is 2.35. The standard InChI is InChI=1S/C11H14OS/c1-8(13)11(5-6-11)9-3-2-4-10(12)7-9/h2-4,7-8,12-13H,5-6H2,1H3. The first-order chi connectivity index (χ1) is 6.15. The number of benzene rings is 1. The number of rotatable bonds is 2. The molecule has 0 amide bonds. The van der Waals surface area contributed by atoms with Gasteiger partial charge >= 0.3 is 0 Å². The molecule has 0 radical (unpaired) electrons. The van der Waals surface area contributed by atoms with E-state index in [9.17, 15) is 5.11 Å². The van der Waals surface area contributed by atoms with E-state index in [2.05, 4.69) is 25.6 Å². The Bertz CT molecular complexity index is 316. The average Bonchev–Trinajstić information content (AvgIpc) is 2.83. The molecule has 1 fully saturated rings. The van der Waals surface area contributed by atoms with Crippen molar-refractivity contribution in [3.05, 3.63) is 29.8 Å². The van der Waals surface area contributed by atoms with Crippen molar-refractivity contribution < 1.29 is 5.11 Å². The van der Waals surface area contributed by atoms with Gasteiger partial charge in [-0.15, -0.1) is 0 Å². The maximum atomic E-state index is 9.36. The molecule has 2 heteroatoms. The molecule has 0 heterocycles. The number of phenols is 1. The largest absolute Gasteiger partial charge is 0.508 e. The fourth-order valence-electron chi connectivity index (χ4n) is 1.90. The third-order valence-electron chi connectivity index (χ3n) is 3.01. The van der Waals surface area contributed by atoms with Gasteiger partial charge in [0, 0.05) is 10.7 Å². The van der Waals surface area contributed by atoms with Gasteiger partial charge in [-0.1, -0.05) is 19.1 Å². The van der Waals surface area contributed by atoms with Crippen LogP contribution in [-0.4, -0.2) is 10.4 Å². The van der Waals surface area contributed by atoms with E-state index in [4.69, 9.17) is 0 Å². The monoisotopic (exact) mass is 194 g/mol. The Morgan fingerprint density at radius 2 is 2.15 bits per heavy atom. The summed E-state index contributed by atoms with van der Waals surface area (Å²) in [7, 11) is 0. The molecule has 1 N–H and O–H groups in total. The molecular formula is C11H14OS. The van der Waals surface area contributed by atoms with E-state index in [1.807, 2.05) is 12.1 Å². The molecule has 0 bridgehead atoms. The predicted octanol–water partition coefficient (Wildman–Crippen LogP) is 2.74. The summed E-state index contributed by atoms with van der Waals surface area (Å²) < 4.78 is 0. The van der Waals surface area contributed by atoms with Crippen molar-refractivity contribution in [2.24, 2.45) is 0 Å². The number of thiol groups is 1. The van der Waals surface area contributed by atoms with Crippen molar-refractivity contribution in [3.8, 4) is 5.75 Å². The van der Waals surface area contributed by atoms with E-state index in [0.29, 0.717) is 11.0 Å². The van der Waals surface area contributed by atoms with Crippen molar-refractivity contribution in [3.63, 3.8) is 0 Å². The van der Waals surface area contributed by atoms with Crippen molar-refractivity contribution in [1.29, 1.82) is 0 Å². The maximum Gasteiger partial charge on any atom is 0.115 e. The van der Waals surface area contributed by atoms with Crippen LogP contribution in [0.3, 0.4) is 0 Å². The lowest BCUT2D eigenvalue weighted by molar-refractivity contribution is 0.473.